The van der Waals surface area contributed by atoms with Crippen molar-refractivity contribution in [1.29, 1.82) is 0 Å². The highest BCUT2D eigenvalue weighted by Crippen LogP contribution is 2.27. The molecule has 0 saturated heterocycles. The van der Waals surface area contributed by atoms with Crippen molar-refractivity contribution < 1.29 is 13.2 Å². The fourth-order valence-corrected chi connectivity index (χ4v) is 3.01. The Labute approximate surface area is 153 Å². The van der Waals surface area contributed by atoms with Crippen LogP contribution >= 0.6 is 0 Å². The summed E-state index contributed by atoms with van der Waals surface area (Å²) in [6, 6.07) is 2.49. The monoisotopic (exact) mass is 372 g/mol. The van der Waals surface area contributed by atoms with Gasteiger partial charge in [-0.15, -0.1) is 0 Å². The predicted molar refractivity (Wildman–Crippen MR) is 90.1 cm³/mol. The molecule has 9 heteroatoms. The van der Waals surface area contributed by atoms with Crippen molar-refractivity contribution in [2.75, 3.05) is 6.54 Å². The zero-order valence-electron chi connectivity index (χ0n) is 14.2. The molecule has 6 nitrogen and oxygen atoms in total. The van der Waals surface area contributed by atoms with E-state index < -0.39 is 11.9 Å². The van der Waals surface area contributed by atoms with Gasteiger partial charge >= 0.3 is 6.18 Å². The molecule has 0 aliphatic carbocycles. The molecule has 0 saturated carbocycles. The third kappa shape index (κ3) is 3.92. The summed E-state index contributed by atoms with van der Waals surface area (Å²) >= 11 is 0. The molecule has 0 spiro atoms. The number of fused-ring (bicyclic) bond motifs is 1. The van der Waals surface area contributed by atoms with Crippen molar-refractivity contribution in [3.8, 4) is 11.4 Å². The molecule has 138 valence electrons. The molecule has 0 radical (unpaired) electrons. The van der Waals surface area contributed by atoms with Crippen LogP contribution < -0.4 is 0 Å². The number of alkyl halides is 3. The smallest absolute Gasteiger partial charge is 0.294 e. The minimum Gasteiger partial charge on any atom is -0.294 e. The van der Waals surface area contributed by atoms with E-state index in [0.717, 1.165) is 41.4 Å². The van der Waals surface area contributed by atoms with Gasteiger partial charge in [-0.1, -0.05) is 6.07 Å². The Balaban J connectivity index is 1.46. The van der Waals surface area contributed by atoms with Gasteiger partial charge in [-0.2, -0.15) is 13.2 Å². The molecule has 3 aromatic rings. The second-order valence-corrected chi connectivity index (χ2v) is 6.30. The highest BCUT2D eigenvalue weighted by molar-refractivity contribution is 5.52. The lowest BCUT2D eigenvalue weighted by molar-refractivity contribution is -0.141. The Morgan fingerprint density at radius 2 is 1.81 bits per heavy atom. The Bertz CT molecular complexity index is 928. The van der Waals surface area contributed by atoms with Crippen LogP contribution in [-0.4, -0.2) is 36.4 Å². The average molecular weight is 372 g/mol. The molecule has 4 rings (SSSR count). The summed E-state index contributed by atoms with van der Waals surface area (Å²) in [5.41, 5.74) is 2.62. The number of hydrogen-bond donors (Lipinski definition) is 0. The van der Waals surface area contributed by atoms with Gasteiger partial charge in [-0.05, 0) is 11.6 Å². The van der Waals surface area contributed by atoms with Crippen LogP contribution in [0.2, 0.25) is 0 Å². The van der Waals surface area contributed by atoms with Crippen LogP contribution in [0, 0.1) is 0 Å². The largest absolute Gasteiger partial charge is 0.433 e. The maximum atomic E-state index is 12.6. The molecule has 0 atom stereocenters. The first-order valence-electron chi connectivity index (χ1n) is 8.34. The van der Waals surface area contributed by atoms with E-state index >= 15 is 0 Å². The molecule has 0 aromatic carbocycles. The third-order valence-corrected chi connectivity index (χ3v) is 4.35. The number of pyridine rings is 1. The third-order valence-electron chi connectivity index (χ3n) is 4.35. The van der Waals surface area contributed by atoms with Gasteiger partial charge in [0.1, 0.15) is 12.0 Å². The van der Waals surface area contributed by atoms with E-state index in [9.17, 15) is 13.2 Å². The van der Waals surface area contributed by atoms with Gasteiger partial charge in [-0.3, -0.25) is 9.88 Å². The molecular formula is C18H15F3N6. The van der Waals surface area contributed by atoms with Crippen molar-refractivity contribution in [3.05, 3.63) is 65.8 Å². The van der Waals surface area contributed by atoms with E-state index in [0.29, 0.717) is 18.9 Å². The Morgan fingerprint density at radius 1 is 1.00 bits per heavy atom. The molecule has 1 aliphatic rings. The van der Waals surface area contributed by atoms with Crippen molar-refractivity contribution in [2.45, 2.75) is 25.7 Å². The summed E-state index contributed by atoms with van der Waals surface area (Å²) in [7, 11) is 0. The summed E-state index contributed by atoms with van der Waals surface area (Å²) in [4.78, 5) is 22.6. The molecule has 0 amide bonds. The van der Waals surface area contributed by atoms with Gasteiger partial charge in [0.15, 0.2) is 5.82 Å². The van der Waals surface area contributed by atoms with Crippen LogP contribution in [0.1, 0.15) is 22.5 Å². The van der Waals surface area contributed by atoms with Crippen LogP contribution in [-0.2, 0) is 25.7 Å². The van der Waals surface area contributed by atoms with Crippen molar-refractivity contribution in [1.82, 2.24) is 29.8 Å². The number of rotatable bonds is 3. The van der Waals surface area contributed by atoms with E-state index in [-0.39, 0.29) is 0 Å². The van der Waals surface area contributed by atoms with Crippen molar-refractivity contribution in [2.24, 2.45) is 0 Å². The fourth-order valence-electron chi connectivity index (χ4n) is 3.01. The average Bonchev–Trinajstić information content (AvgIpc) is 2.68. The van der Waals surface area contributed by atoms with Crippen LogP contribution in [0.15, 0.2) is 43.2 Å². The number of nitrogens with zero attached hydrogens (tertiary/aromatic N) is 6. The minimum absolute atomic E-state index is 0.527. The standard InChI is InChI=1S/C18H15F3N6/c19-18(20,21)16-2-1-12(5-24-16)9-27-4-3-15-14(10-27)8-25-17(26-15)13-6-22-11-23-7-13/h1-2,5-8,11H,3-4,9-10H2. The van der Waals surface area contributed by atoms with E-state index in [1.54, 1.807) is 18.6 Å². The van der Waals surface area contributed by atoms with Crippen LogP contribution in [0.4, 0.5) is 13.2 Å². The molecule has 27 heavy (non-hydrogen) atoms. The van der Waals surface area contributed by atoms with Gasteiger partial charge in [0.2, 0.25) is 0 Å². The van der Waals surface area contributed by atoms with Gasteiger partial charge in [0.05, 0.1) is 11.3 Å². The van der Waals surface area contributed by atoms with E-state index in [4.69, 9.17) is 0 Å². The lowest BCUT2D eigenvalue weighted by atomic mass is 10.1. The summed E-state index contributed by atoms with van der Waals surface area (Å²) in [6.07, 6.45) is 4.20. The predicted octanol–water partition coefficient (Wildman–Crippen LogP) is 2.91. The summed E-state index contributed by atoms with van der Waals surface area (Å²) in [6.45, 7) is 1.93. The first-order valence-corrected chi connectivity index (χ1v) is 8.34. The van der Waals surface area contributed by atoms with Crippen LogP contribution in [0.3, 0.4) is 0 Å². The van der Waals surface area contributed by atoms with E-state index in [1.165, 1.54) is 18.6 Å². The van der Waals surface area contributed by atoms with E-state index in [1.807, 2.05) is 0 Å². The van der Waals surface area contributed by atoms with Crippen molar-refractivity contribution in [3.63, 3.8) is 0 Å². The molecule has 3 aromatic heterocycles. The van der Waals surface area contributed by atoms with E-state index in [2.05, 4.69) is 29.8 Å². The SMILES string of the molecule is FC(F)(F)c1ccc(CN2CCc3nc(-c4cncnc4)ncc3C2)cn1. The summed E-state index contributed by atoms with van der Waals surface area (Å²) < 4.78 is 37.8. The van der Waals surface area contributed by atoms with Gasteiger partial charge in [0.25, 0.3) is 0 Å². The normalized spacial score (nSPS) is 14.8. The minimum atomic E-state index is -4.42. The number of halogens is 3. The highest BCUT2D eigenvalue weighted by Gasteiger charge is 2.32. The zero-order chi connectivity index (χ0) is 18.9. The maximum absolute atomic E-state index is 12.6. The molecule has 0 N–H and O–H groups in total. The number of hydrogen-bond acceptors (Lipinski definition) is 6. The van der Waals surface area contributed by atoms with Gasteiger partial charge in [0, 0.05) is 56.4 Å². The second kappa shape index (κ2) is 6.99. The topological polar surface area (TPSA) is 67.7 Å². The summed E-state index contributed by atoms with van der Waals surface area (Å²) in [5, 5.41) is 0. The second-order valence-electron chi connectivity index (χ2n) is 6.30. The molecular weight excluding hydrogens is 357 g/mol. The molecule has 0 bridgehead atoms. The van der Waals surface area contributed by atoms with Gasteiger partial charge < -0.3 is 0 Å². The lowest BCUT2D eigenvalue weighted by Crippen LogP contribution is -2.31. The first-order chi connectivity index (χ1) is 13.0. The Morgan fingerprint density at radius 3 is 2.52 bits per heavy atom. The quantitative estimate of drug-likeness (QED) is 0.704. The van der Waals surface area contributed by atoms with Gasteiger partial charge in [-0.25, -0.2) is 19.9 Å². The Kier molecular flexibility index (Phi) is 4.53. The Hall–Kier alpha value is -2.94. The molecule has 0 unspecified atom stereocenters. The zero-order valence-corrected chi connectivity index (χ0v) is 14.2. The maximum Gasteiger partial charge on any atom is 0.433 e. The van der Waals surface area contributed by atoms with Crippen LogP contribution in [0.25, 0.3) is 11.4 Å². The number of aromatic nitrogens is 5. The van der Waals surface area contributed by atoms with Crippen molar-refractivity contribution >= 4 is 0 Å². The lowest BCUT2D eigenvalue weighted by Gasteiger charge is -2.28. The fraction of sp³-hybridized carbons (Fsp3) is 0.278. The van der Waals surface area contributed by atoms with Crippen LogP contribution in [0.5, 0.6) is 0 Å². The molecule has 0 fully saturated rings. The first kappa shape index (κ1) is 17.5. The summed E-state index contributed by atoms with van der Waals surface area (Å²) in [5.74, 6) is 0.592. The molecule has 4 heterocycles. The highest BCUT2D eigenvalue weighted by atomic mass is 19.4. The molecule has 1 aliphatic heterocycles.